The van der Waals surface area contributed by atoms with Crippen LogP contribution in [0.5, 0.6) is 0 Å². The van der Waals surface area contributed by atoms with E-state index in [9.17, 15) is 9.59 Å². The van der Waals surface area contributed by atoms with Crippen molar-refractivity contribution in [2.75, 3.05) is 0 Å². The molecule has 98 valence electrons. The number of nitrogens with zero attached hydrogens (tertiary/aromatic N) is 1. The number of hydrogen-bond donors (Lipinski definition) is 2. The summed E-state index contributed by atoms with van der Waals surface area (Å²) in [4.78, 5) is 27.0. The molecule has 0 radical (unpaired) electrons. The second-order valence-electron chi connectivity index (χ2n) is 4.00. The quantitative estimate of drug-likeness (QED) is 0.884. The third-order valence-corrected chi connectivity index (χ3v) is 3.42. The summed E-state index contributed by atoms with van der Waals surface area (Å²) in [5, 5.41) is 4.91. The van der Waals surface area contributed by atoms with Crippen LogP contribution in [0.3, 0.4) is 0 Å². The van der Waals surface area contributed by atoms with Gasteiger partial charge in [-0.2, -0.15) is 0 Å². The number of carbonyl (C=O) groups is 2. The van der Waals surface area contributed by atoms with Gasteiger partial charge < -0.3 is 11.1 Å². The maximum Gasteiger partial charge on any atom is 0.271 e. The van der Waals surface area contributed by atoms with Gasteiger partial charge in [-0.05, 0) is 6.92 Å². The SMILES string of the molecule is C[C@H](NC(=O)c1csc(-c2ccccc2)n1)C(N)=O. The molecule has 6 heteroatoms. The highest BCUT2D eigenvalue weighted by molar-refractivity contribution is 7.13. The fourth-order valence-corrected chi connectivity index (χ4v) is 2.24. The van der Waals surface area contributed by atoms with Gasteiger partial charge in [-0.15, -0.1) is 11.3 Å². The molecular formula is C13H13N3O2S. The molecule has 0 fully saturated rings. The lowest BCUT2D eigenvalue weighted by Crippen LogP contribution is -2.42. The Balaban J connectivity index is 2.13. The van der Waals surface area contributed by atoms with Crippen LogP contribution in [0.4, 0.5) is 0 Å². The highest BCUT2D eigenvalue weighted by atomic mass is 32.1. The van der Waals surface area contributed by atoms with Gasteiger partial charge in [0.15, 0.2) is 0 Å². The van der Waals surface area contributed by atoms with Crippen molar-refractivity contribution in [3.63, 3.8) is 0 Å². The number of nitrogens with two attached hydrogens (primary N) is 1. The van der Waals surface area contributed by atoms with Crippen LogP contribution in [0.1, 0.15) is 17.4 Å². The molecular weight excluding hydrogens is 262 g/mol. The van der Waals surface area contributed by atoms with Crippen molar-refractivity contribution in [3.05, 3.63) is 41.4 Å². The minimum absolute atomic E-state index is 0.289. The highest BCUT2D eigenvalue weighted by Gasteiger charge is 2.16. The van der Waals surface area contributed by atoms with E-state index in [1.165, 1.54) is 18.3 Å². The van der Waals surface area contributed by atoms with Crippen LogP contribution >= 0.6 is 11.3 Å². The number of benzene rings is 1. The second-order valence-corrected chi connectivity index (χ2v) is 4.86. The minimum Gasteiger partial charge on any atom is -0.368 e. The van der Waals surface area contributed by atoms with Crippen molar-refractivity contribution in [1.82, 2.24) is 10.3 Å². The largest absolute Gasteiger partial charge is 0.368 e. The highest BCUT2D eigenvalue weighted by Crippen LogP contribution is 2.23. The molecule has 0 aliphatic heterocycles. The van der Waals surface area contributed by atoms with E-state index in [4.69, 9.17) is 5.73 Å². The van der Waals surface area contributed by atoms with E-state index in [1.54, 1.807) is 5.38 Å². The Morgan fingerprint density at radius 2 is 2.00 bits per heavy atom. The lowest BCUT2D eigenvalue weighted by Gasteiger charge is -2.07. The maximum absolute atomic E-state index is 11.8. The lowest BCUT2D eigenvalue weighted by atomic mass is 10.2. The molecule has 1 atom stereocenters. The van der Waals surface area contributed by atoms with Crippen molar-refractivity contribution in [2.45, 2.75) is 13.0 Å². The maximum atomic E-state index is 11.8. The molecule has 1 aromatic carbocycles. The van der Waals surface area contributed by atoms with Crippen molar-refractivity contribution in [2.24, 2.45) is 5.73 Å². The van der Waals surface area contributed by atoms with Gasteiger partial charge in [0, 0.05) is 10.9 Å². The van der Waals surface area contributed by atoms with E-state index in [1.807, 2.05) is 30.3 Å². The molecule has 1 heterocycles. The predicted octanol–water partition coefficient (Wildman–Crippen LogP) is 1.41. The molecule has 1 aromatic heterocycles. The fraction of sp³-hybridized carbons (Fsp3) is 0.154. The summed E-state index contributed by atoms with van der Waals surface area (Å²) in [6.07, 6.45) is 0. The third kappa shape index (κ3) is 3.17. The first-order valence-electron chi connectivity index (χ1n) is 5.69. The van der Waals surface area contributed by atoms with Crippen molar-refractivity contribution in [3.8, 4) is 10.6 Å². The van der Waals surface area contributed by atoms with E-state index in [2.05, 4.69) is 10.3 Å². The van der Waals surface area contributed by atoms with E-state index < -0.39 is 17.9 Å². The number of hydrogen-bond acceptors (Lipinski definition) is 4. The molecule has 5 nitrogen and oxygen atoms in total. The van der Waals surface area contributed by atoms with Crippen LogP contribution in [0, 0.1) is 0 Å². The standard InChI is InChI=1S/C13H13N3O2S/c1-8(11(14)17)15-12(18)10-7-19-13(16-10)9-5-3-2-4-6-9/h2-8H,1H3,(H2,14,17)(H,15,18)/t8-/m0/s1. The molecule has 0 spiro atoms. The zero-order valence-electron chi connectivity index (χ0n) is 10.3. The number of thiazole rings is 1. The van der Waals surface area contributed by atoms with Crippen LogP contribution in [-0.2, 0) is 4.79 Å². The number of aromatic nitrogens is 1. The molecule has 0 aliphatic rings. The number of primary amides is 1. The van der Waals surface area contributed by atoms with Gasteiger partial charge in [-0.1, -0.05) is 30.3 Å². The Morgan fingerprint density at radius 1 is 1.32 bits per heavy atom. The van der Waals surface area contributed by atoms with Crippen LogP contribution in [0.25, 0.3) is 10.6 Å². The molecule has 0 saturated heterocycles. The molecule has 0 aliphatic carbocycles. The van der Waals surface area contributed by atoms with E-state index >= 15 is 0 Å². The minimum atomic E-state index is -0.714. The zero-order valence-corrected chi connectivity index (χ0v) is 11.1. The molecule has 19 heavy (non-hydrogen) atoms. The van der Waals surface area contributed by atoms with Crippen LogP contribution in [-0.4, -0.2) is 22.8 Å². The summed E-state index contributed by atoms with van der Waals surface area (Å²) >= 11 is 1.38. The summed E-state index contributed by atoms with van der Waals surface area (Å²) in [5.74, 6) is -0.975. The van der Waals surface area contributed by atoms with Gasteiger partial charge in [-0.25, -0.2) is 4.98 Å². The normalized spacial score (nSPS) is 11.8. The fourth-order valence-electron chi connectivity index (χ4n) is 1.43. The van der Waals surface area contributed by atoms with Crippen molar-refractivity contribution >= 4 is 23.2 Å². The van der Waals surface area contributed by atoms with Crippen LogP contribution in [0.2, 0.25) is 0 Å². The molecule has 0 saturated carbocycles. The summed E-state index contributed by atoms with van der Waals surface area (Å²) in [5.41, 5.74) is 6.33. The Morgan fingerprint density at radius 3 is 2.63 bits per heavy atom. The number of carbonyl (C=O) groups excluding carboxylic acids is 2. The number of amides is 2. The predicted molar refractivity (Wildman–Crippen MR) is 73.7 cm³/mol. The Labute approximate surface area is 114 Å². The van der Waals surface area contributed by atoms with Crippen molar-refractivity contribution < 1.29 is 9.59 Å². The molecule has 2 aromatic rings. The molecule has 3 N–H and O–H groups in total. The molecule has 2 amide bonds. The number of rotatable bonds is 4. The van der Waals surface area contributed by atoms with E-state index in [0.29, 0.717) is 0 Å². The van der Waals surface area contributed by atoms with Gasteiger partial charge in [0.1, 0.15) is 16.7 Å². The van der Waals surface area contributed by atoms with Gasteiger partial charge in [0.2, 0.25) is 5.91 Å². The summed E-state index contributed by atoms with van der Waals surface area (Å²) in [7, 11) is 0. The Kier molecular flexibility index (Phi) is 3.91. The third-order valence-electron chi connectivity index (χ3n) is 2.53. The van der Waals surface area contributed by atoms with Gasteiger partial charge >= 0.3 is 0 Å². The van der Waals surface area contributed by atoms with Crippen molar-refractivity contribution in [1.29, 1.82) is 0 Å². The monoisotopic (exact) mass is 275 g/mol. The topological polar surface area (TPSA) is 85.1 Å². The average molecular weight is 275 g/mol. The first-order chi connectivity index (χ1) is 9.08. The van der Waals surface area contributed by atoms with E-state index in [0.717, 1.165) is 10.6 Å². The lowest BCUT2D eigenvalue weighted by molar-refractivity contribution is -0.119. The number of nitrogens with one attached hydrogen (secondary N) is 1. The summed E-state index contributed by atoms with van der Waals surface area (Å²) in [6.45, 7) is 1.53. The smallest absolute Gasteiger partial charge is 0.271 e. The zero-order chi connectivity index (χ0) is 13.8. The molecule has 2 rings (SSSR count). The van der Waals surface area contributed by atoms with Crippen LogP contribution < -0.4 is 11.1 Å². The summed E-state index contributed by atoms with van der Waals surface area (Å²) < 4.78 is 0. The molecule has 0 unspecified atom stereocenters. The van der Waals surface area contributed by atoms with Crippen LogP contribution in [0.15, 0.2) is 35.7 Å². The first-order valence-corrected chi connectivity index (χ1v) is 6.57. The van der Waals surface area contributed by atoms with Gasteiger partial charge in [0.25, 0.3) is 5.91 Å². The van der Waals surface area contributed by atoms with Gasteiger partial charge in [0.05, 0.1) is 0 Å². The molecule has 0 bridgehead atoms. The second kappa shape index (κ2) is 5.62. The average Bonchev–Trinajstić information content (AvgIpc) is 2.89. The Bertz CT molecular complexity index is 595. The van der Waals surface area contributed by atoms with E-state index in [-0.39, 0.29) is 5.69 Å². The Hall–Kier alpha value is -2.21. The first kappa shape index (κ1) is 13.2. The summed E-state index contributed by atoms with van der Waals surface area (Å²) in [6, 6.07) is 8.87. The van der Waals surface area contributed by atoms with Gasteiger partial charge in [-0.3, -0.25) is 9.59 Å².